The Morgan fingerprint density at radius 2 is 1.74 bits per heavy atom. The summed E-state index contributed by atoms with van der Waals surface area (Å²) in [5.41, 5.74) is -0.210. The van der Waals surface area contributed by atoms with E-state index in [2.05, 4.69) is 32.9 Å². The van der Waals surface area contributed by atoms with Crippen LogP contribution in [0.15, 0.2) is 12.2 Å². The van der Waals surface area contributed by atoms with E-state index >= 15 is 0 Å². The molecule has 6 fully saturated rings. The second-order valence-electron chi connectivity index (χ2n) is 11.9. The highest BCUT2D eigenvalue weighted by Gasteiger charge is 2.88. The van der Waals surface area contributed by atoms with Crippen molar-refractivity contribution in [2.45, 2.75) is 46.1 Å². The first-order chi connectivity index (χ1) is 12.8. The molecule has 1 N–H and O–H groups in total. The lowest BCUT2D eigenvalue weighted by Gasteiger charge is -2.41. The van der Waals surface area contributed by atoms with Gasteiger partial charge >= 0.3 is 5.97 Å². The molecule has 0 saturated heterocycles. The topological polar surface area (TPSA) is 46.5 Å². The number of carbonyl (C=O) groups is 1. The average Bonchev–Trinajstić information content (AvgIpc) is 3.42. The fraction of sp³-hybridized carbons (Fsp3) is 0.875. The zero-order valence-corrected chi connectivity index (χ0v) is 16.9. The molecule has 0 amide bonds. The van der Waals surface area contributed by atoms with Crippen molar-refractivity contribution >= 4 is 5.97 Å². The van der Waals surface area contributed by atoms with E-state index in [-0.39, 0.29) is 28.3 Å². The van der Waals surface area contributed by atoms with E-state index in [0.29, 0.717) is 59.2 Å². The van der Waals surface area contributed by atoms with E-state index < -0.39 is 0 Å². The molecule has 0 aromatic heterocycles. The Morgan fingerprint density at radius 1 is 1.04 bits per heavy atom. The maximum absolute atomic E-state index is 13.3. The van der Waals surface area contributed by atoms with E-state index in [1.54, 1.807) is 7.11 Å². The monoisotopic (exact) mass is 368 g/mol. The molecule has 0 unspecified atom stereocenters. The van der Waals surface area contributed by atoms with Gasteiger partial charge in [-0.15, -0.1) is 0 Å². The summed E-state index contributed by atoms with van der Waals surface area (Å²) >= 11 is 0. The number of fused-ring (bicyclic) bond motifs is 5. The van der Waals surface area contributed by atoms with Gasteiger partial charge in [0.05, 0.1) is 18.6 Å². The highest BCUT2D eigenvalue weighted by atomic mass is 16.5. The molecule has 0 heterocycles. The van der Waals surface area contributed by atoms with E-state index in [1.165, 1.54) is 6.42 Å². The van der Waals surface area contributed by atoms with Crippen molar-refractivity contribution in [3.63, 3.8) is 0 Å². The molecule has 7 rings (SSSR count). The number of hydrogen-bond donors (Lipinski definition) is 1. The highest BCUT2D eigenvalue weighted by Crippen LogP contribution is 2.89. The zero-order valence-electron chi connectivity index (χ0n) is 16.9. The first-order valence-electron chi connectivity index (χ1n) is 11.3. The van der Waals surface area contributed by atoms with E-state index in [9.17, 15) is 9.90 Å². The predicted octanol–water partition coefficient (Wildman–Crippen LogP) is 3.52. The summed E-state index contributed by atoms with van der Waals surface area (Å²) < 4.78 is 5.50. The molecule has 0 radical (unpaired) electrons. The standard InChI is InChI=1S/C24H32O3/c1-22-9-8-12-17-14-13-15(23(2,20(22)25)19(14)18(12)22)10-6-5-7-11(10)16(13)24(17,3)21(26)27-4/h5-6,10-20,25H,7-9H2,1-4H3/t10-,11-,12-,13-,14-,15-,16-,17+,18-,19-,20-,22+,23-,24+/m0/s1. The number of rotatable bonds is 1. The molecule has 6 saturated carbocycles. The molecule has 27 heavy (non-hydrogen) atoms. The number of ether oxygens (including phenoxy) is 1. The van der Waals surface area contributed by atoms with Gasteiger partial charge in [0.25, 0.3) is 0 Å². The molecular formula is C24H32O3. The van der Waals surface area contributed by atoms with Crippen molar-refractivity contribution < 1.29 is 14.6 Å². The molecule has 146 valence electrons. The number of hydrogen-bond acceptors (Lipinski definition) is 3. The van der Waals surface area contributed by atoms with Gasteiger partial charge in [-0.05, 0) is 90.8 Å². The number of esters is 1. The van der Waals surface area contributed by atoms with E-state index in [1.807, 2.05) is 0 Å². The van der Waals surface area contributed by atoms with Crippen LogP contribution in [0.3, 0.4) is 0 Å². The summed E-state index contributed by atoms with van der Waals surface area (Å²) in [6.45, 7) is 7.12. The highest BCUT2D eigenvalue weighted by molar-refractivity contribution is 5.78. The third-order valence-electron chi connectivity index (χ3n) is 12.0. The third kappa shape index (κ3) is 1.22. The van der Waals surface area contributed by atoms with Gasteiger partial charge in [-0.25, -0.2) is 0 Å². The molecule has 0 aromatic carbocycles. The van der Waals surface area contributed by atoms with Crippen molar-refractivity contribution in [3.8, 4) is 0 Å². The number of aliphatic hydroxyl groups excluding tert-OH is 1. The Morgan fingerprint density at radius 3 is 2.48 bits per heavy atom. The Bertz CT molecular complexity index is 803. The number of allylic oxidation sites excluding steroid dienone is 2. The summed E-state index contributed by atoms with van der Waals surface area (Å²) in [5, 5.41) is 11.8. The van der Waals surface area contributed by atoms with Crippen LogP contribution in [0, 0.1) is 75.4 Å². The van der Waals surface area contributed by atoms with Gasteiger partial charge in [-0.2, -0.15) is 0 Å². The van der Waals surface area contributed by atoms with Crippen LogP contribution in [-0.2, 0) is 9.53 Å². The maximum atomic E-state index is 13.3. The Kier molecular flexibility index (Phi) is 2.49. The van der Waals surface area contributed by atoms with Crippen molar-refractivity contribution in [2.24, 2.45) is 75.4 Å². The normalized spacial score (nSPS) is 70.8. The van der Waals surface area contributed by atoms with Gasteiger partial charge in [-0.3, -0.25) is 4.79 Å². The Labute approximate surface area is 161 Å². The second kappa shape index (κ2) is 4.20. The molecule has 0 spiro atoms. The summed E-state index contributed by atoms with van der Waals surface area (Å²) in [7, 11) is 1.60. The van der Waals surface area contributed by atoms with Crippen LogP contribution in [0.4, 0.5) is 0 Å². The molecule has 0 bridgehead atoms. The summed E-state index contributed by atoms with van der Waals surface area (Å²) in [6, 6.07) is 0. The van der Waals surface area contributed by atoms with Gasteiger partial charge in [0, 0.05) is 5.41 Å². The molecule has 3 heteroatoms. The summed E-state index contributed by atoms with van der Waals surface area (Å²) in [6.07, 6.45) is 8.13. The predicted molar refractivity (Wildman–Crippen MR) is 100 cm³/mol. The largest absolute Gasteiger partial charge is 0.469 e. The second-order valence-corrected chi connectivity index (χ2v) is 11.9. The van der Waals surface area contributed by atoms with Gasteiger partial charge in [-0.1, -0.05) is 26.0 Å². The van der Waals surface area contributed by atoms with Crippen LogP contribution in [0.1, 0.15) is 40.0 Å². The quantitative estimate of drug-likeness (QED) is 0.569. The van der Waals surface area contributed by atoms with Crippen LogP contribution in [0.25, 0.3) is 0 Å². The van der Waals surface area contributed by atoms with E-state index in [0.717, 1.165) is 12.8 Å². The molecule has 14 atom stereocenters. The molecule has 7 aliphatic carbocycles. The third-order valence-corrected chi connectivity index (χ3v) is 12.0. The van der Waals surface area contributed by atoms with Gasteiger partial charge < -0.3 is 9.84 Å². The minimum absolute atomic E-state index is 0.0476. The van der Waals surface area contributed by atoms with Gasteiger partial charge in [0.1, 0.15) is 0 Å². The number of aliphatic hydroxyl groups is 1. The van der Waals surface area contributed by atoms with Crippen LogP contribution in [-0.4, -0.2) is 24.3 Å². The smallest absolute Gasteiger partial charge is 0.312 e. The minimum atomic E-state index is -0.319. The molecule has 3 nitrogen and oxygen atoms in total. The first-order valence-corrected chi connectivity index (χ1v) is 11.3. The van der Waals surface area contributed by atoms with Crippen LogP contribution >= 0.6 is 0 Å². The lowest BCUT2D eigenvalue weighted by Crippen LogP contribution is -2.45. The lowest BCUT2D eigenvalue weighted by atomic mass is 9.64. The van der Waals surface area contributed by atoms with Crippen molar-refractivity contribution in [3.05, 3.63) is 12.2 Å². The molecular weight excluding hydrogens is 336 g/mol. The number of methoxy groups -OCH3 is 1. The minimum Gasteiger partial charge on any atom is -0.469 e. The van der Waals surface area contributed by atoms with Crippen LogP contribution < -0.4 is 0 Å². The van der Waals surface area contributed by atoms with Gasteiger partial charge in [0.15, 0.2) is 0 Å². The van der Waals surface area contributed by atoms with Crippen molar-refractivity contribution in [2.75, 3.05) is 7.11 Å². The van der Waals surface area contributed by atoms with E-state index in [4.69, 9.17) is 4.74 Å². The average molecular weight is 369 g/mol. The Hall–Kier alpha value is -0.830. The van der Waals surface area contributed by atoms with Crippen LogP contribution in [0.5, 0.6) is 0 Å². The maximum Gasteiger partial charge on any atom is 0.312 e. The van der Waals surface area contributed by atoms with Gasteiger partial charge in [0.2, 0.25) is 0 Å². The van der Waals surface area contributed by atoms with Crippen molar-refractivity contribution in [1.29, 1.82) is 0 Å². The summed E-state index contributed by atoms with van der Waals surface area (Å²) in [5.74, 6) is 5.83. The SMILES string of the molecule is COC(=O)[C@@]1(C)[C@@H]2[C@@H]3CC[C@]4(C)[C@@H]3[C@@H]3[C@H]2[C@@H]2[C@@H]1[C@H]1CC=C[C@@H]1[C@@H]2[C@]3(C)[C@H]4O. The fourth-order valence-electron chi connectivity index (χ4n) is 12.0. The zero-order chi connectivity index (χ0) is 18.7. The lowest BCUT2D eigenvalue weighted by molar-refractivity contribution is -0.160. The first kappa shape index (κ1) is 16.0. The van der Waals surface area contributed by atoms with Crippen LogP contribution in [0.2, 0.25) is 0 Å². The van der Waals surface area contributed by atoms with Crippen molar-refractivity contribution in [1.82, 2.24) is 0 Å². The molecule has 7 aliphatic rings. The number of carbonyl (C=O) groups excluding carboxylic acids is 1. The molecule has 0 aliphatic heterocycles. The molecule has 0 aromatic rings. The summed E-state index contributed by atoms with van der Waals surface area (Å²) in [4.78, 5) is 13.3. The fourth-order valence-corrected chi connectivity index (χ4v) is 12.0. The Balaban J connectivity index is 1.52.